The highest BCUT2D eigenvalue weighted by Gasteiger charge is 2.44. The molecule has 39 heavy (non-hydrogen) atoms. The largest absolute Gasteiger partial charge is 0.462 e. The number of carbonyl (C=O) groups is 2. The lowest BCUT2D eigenvalue weighted by atomic mass is 9.68. The Morgan fingerprint density at radius 3 is 2.67 bits per heavy atom. The minimum atomic E-state index is -0.492. The van der Waals surface area contributed by atoms with Crippen LogP contribution in [0.15, 0.2) is 73.1 Å². The predicted octanol–water partition coefficient (Wildman–Crippen LogP) is 4.96. The summed E-state index contributed by atoms with van der Waals surface area (Å²) < 4.78 is 6.72. The molecule has 1 saturated heterocycles. The Balaban J connectivity index is 1.32. The van der Waals surface area contributed by atoms with Crippen molar-refractivity contribution in [3.05, 3.63) is 101 Å². The van der Waals surface area contributed by atoms with Crippen molar-refractivity contribution in [1.29, 1.82) is 0 Å². The van der Waals surface area contributed by atoms with Crippen LogP contribution in [-0.4, -0.2) is 51.1 Å². The van der Waals surface area contributed by atoms with Gasteiger partial charge < -0.3 is 15.0 Å². The second-order valence-electron chi connectivity index (χ2n) is 10.2. The minimum Gasteiger partial charge on any atom is -0.462 e. The summed E-state index contributed by atoms with van der Waals surface area (Å²) in [7, 11) is 0. The Morgan fingerprint density at radius 1 is 1.08 bits per heavy atom. The first-order valence-corrected chi connectivity index (χ1v) is 13.4. The van der Waals surface area contributed by atoms with Gasteiger partial charge in [-0.05, 0) is 36.0 Å². The predicted molar refractivity (Wildman–Crippen MR) is 150 cm³/mol. The molecular formula is C31H31N5O3. The molecule has 4 aromatic rings. The van der Waals surface area contributed by atoms with Crippen molar-refractivity contribution in [2.45, 2.75) is 32.2 Å². The fourth-order valence-electron chi connectivity index (χ4n) is 5.94. The number of aromatic nitrogens is 3. The molecule has 1 aliphatic heterocycles. The van der Waals surface area contributed by atoms with Crippen LogP contribution in [0.3, 0.4) is 0 Å². The normalized spacial score (nSPS) is 19.8. The summed E-state index contributed by atoms with van der Waals surface area (Å²) in [6, 6.07) is 18.5. The molecule has 1 amide bonds. The van der Waals surface area contributed by atoms with E-state index in [1.54, 1.807) is 13.1 Å². The number of esters is 1. The lowest BCUT2D eigenvalue weighted by Gasteiger charge is -2.44. The average Bonchev–Trinajstić information content (AvgIpc) is 3.56. The van der Waals surface area contributed by atoms with E-state index < -0.39 is 5.97 Å². The van der Waals surface area contributed by atoms with E-state index in [0.717, 1.165) is 12.0 Å². The quantitative estimate of drug-likeness (QED) is 0.361. The summed E-state index contributed by atoms with van der Waals surface area (Å²) in [6.45, 7) is 5.97. The van der Waals surface area contributed by atoms with Gasteiger partial charge in [-0.2, -0.15) is 9.61 Å². The van der Waals surface area contributed by atoms with E-state index in [2.05, 4.69) is 58.7 Å². The van der Waals surface area contributed by atoms with Crippen LogP contribution in [0.2, 0.25) is 0 Å². The molecule has 0 bridgehead atoms. The number of piperidine rings is 1. The molecule has 1 aliphatic carbocycles. The average molecular weight is 522 g/mol. The van der Waals surface area contributed by atoms with E-state index in [-0.39, 0.29) is 29.4 Å². The number of nitrogens with zero attached hydrogens (tertiary/aromatic N) is 4. The summed E-state index contributed by atoms with van der Waals surface area (Å²) in [5.41, 5.74) is 4.64. The van der Waals surface area contributed by atoms with Crippen molar-refractivity contribution in [1.82, 2.24) is 19.5 Å². The van der Waals surface area contributed by atoms with Crippen LogP contribution < -0.4 is 5.32 Å². The van der Waals surface area contributed by atoms with Crippen LogP contribution in [-0.2, 0) is 16.7 Å². The van der Waals surface area contributed by atoms with Crippen LogP contribution >= 0.6 is 0 Å². The molecular weight excluding hydrogens is 490 g/mol. The molecule has 2 unspecified atom stereocenters. The SMILES string of the molecule is CCOC(=O)c1cnn2c(NCc3ccccc3)c(C(=O)N3CCC4(C=Cc5ccccc54)C(C)C3)cnc12. The molecule has 198 valence electrons. The number of likely N-dealkylation sites (tertiary alicyclic amines) is 1. The fraction of sp³-hybridized carbons (Fsp3) is 0.290. The highest BCUT2D eigenvalue weighted by atomic mass is 16.5. The van der Waals surface area contributed by atoms with Crippen LogP contribution in [0.4, 0.5) is 5.82 Å². The third-order valence-corrected chi connectivity index (χ3v) is 8.03. The Labute approximate surface area is 227 Å². The monoisotopic (exact) mass is 521 g/mol. The molecule has 2 aromatic carbocycles. The van der Waals surface area contributed by atoms with Gasteiger partial charge in [-0.3, -0.25) is 4.79 Å². The zero-order chi connectivity index (χ0) is 27.0. The number of amides is 1. The second-order valence-corrected chi connectivity index (χ2v) is 10.2. The molecule has 8 nitrogen and oxygen atoms in total. The number of carbonyl (C=O) groups excluding carboxylic acids is 2. The van der Waals surface area contributed by atoms with E-state index in [1.165, 1.54) is 21.8 Å². The maximum absolute atomic E-state index is 14.0. The van der Waals surface area contributed by atoms with Gasteiger partial charge in [0, 0.05) is 31.2 Å². The van der Waals surface area contributed by atoms with Gasteiger partial charge >= 0.3 is 5.97 Å². The van der Waals surface area contributed by atoms with E-state index in [9.17, 15) is 9.59 Å². The maximum atomic E-state index is 14.0. The van der Waals surface area contributed by atoms with Crippen LogP contribution in [0, 0.1) is 5.92 Å². The number of rotatable bonds is 6. The fourth-order valence-corrected chi connectivity index (χ4v) is 5.94. The first-order chi connectivity index (χ1) is 19.0. The van der Waals surface area contributed by atoms with Gasteiger partial charge in [0.2, 0.25) is 0 Å². The van der Waals surface area contributed by atoms with E-state index in [4.69, 9.17) is 4.74 Å². The Hall–Kier alpha value is -4.46. The number of ether oxygens (including phenoxy) is 1. The van der Waals surface area contributed by atoms with Gasteiger partial charge in [-0.25, -0.2) is 9.78 Å². The van der Waals surface area contributed by atoms with Crippen LogP contribution in [0.5, 0.6) is 0 Å². The number of hydrogen-bond acceptors (Lipinski definition) is 6. The lowest BCUT2D eigenvalue weighted by molar-refractivity contribution is 0.0528. The van der Waals surface area contributed by atoms with Crippen molar-refractivity contribution >= 4 is 29.4 Å². The van der Waals surface area contributed by atoms with Gasteiger partial charge in [-0.1, -0.05) is 73.7 Å². The third kappa shape index (κ3) is 4.26. The molecule has 2 aromatic heterocycles. The third-order valence-electron chi connectivity index (χ3n) is 8.03. The topological polar surface area (TPSA) is 88.8 Å². The van der Waals surface area contributed by atoms with Gasteiger partial charge in [0.15, 0.2) is 5.65 Å². The van der Waals surface area contributed by atoms with E-state index in [0.29, 0.717) is 36.7 Å². The van der Waals surface area contributed by atoms with Gasteiger partial charge in [0.1, 0.15) is 16.9 Å². The molecule has 1 N–H and O–H groups in total. The molecule has 8 heteroatoms. The number of fused-ring (bicyclic) bond motifs is 3. The zero-order valence-electron chi connectivity index (χ0n) is 22.1. The van der Waals surface area contributed by atoms with Gasteiger partial charge in [-0.15, -0.1) is 0 Å². The van der Waals surface area contributed by atoms with Gasteiger partial charge in [0.25, 0.3) is 5.91 Å². The molecule has 0 radical (unpaired) electrons. The molecule has 0 saturated carbocycles. The first-order valence-electron chi connectivity index (χ1n) is 13.4. The molecule has 3 heterocycles. The highest BCUT2D eigenvalue weighted by molar-refractivity contribution is 6.00. The van der Waals surface area contributed by atoms with Crippen molar-refractivity contribution in [3.8, 4) is 0 Å². The van der Waals surface area contributed by atoms with E-state index >= 15 is 0 Å². The number of benzene rings is 2. The van der Waals surface area contributed by atoms with Crippen molar-refractivity contribution in [3.63, 3.8) is 0 Å². The lowest BCUT2D eigenvalue weighted by Crippen LogP contribution is -2.49. The molecule has 6 rings (SSSR count). The Morgan fingerprint density at radius 2 is 1.87 bits per heavy atom. The summed E-state index contributed by atoms with van der Waals surface area (Å²) in [5.74, 6) is 0.148. The van der Waals surface area contributed by atoms with Crippen LogP contribution in [0.1, 0.15) is 57.7 Å². The zero-order valence-corrected chi connectivity index (χ0v) is 22.1. The van der Waals surface area contributed by atoms with Gasteiger partial charge in [0.05, 0.1) is 12.8 Å². The van der Waals surface area contributed by atoms with Crippen LogP contribution in [0.25, 0.3) is 11.7 Å². The van der Waals surface area contributed by atoms with Crippen molar-refractivity contribution < 1.29 is 14.3 Å². The standard InChI is InChI=1S/C31H31N5O3/c1-3-39-30(38)25-19-34-36-27(32-17-22-9-5-4-6-10-22)24(18-33-28(25)36)29(37)35-16-15-31(21(2)20-35)14-13-23-11-7-8-12-26(23)31/h4-14,18-19,21,32H,3,15-17,20H2,1-2H3. The highest BCUT2D eigenvalue weighted by Crippen LogP contribution is 2.47. The smallest absolute Gasteiger partial charge is 0.343 e. The molecule has 2 atom stereocenters. The number of allylic oxidation sites excluding steroid dienone is 1. The second kappa shape index (κ2) is 10.0. The Bertz CT molecular complexity index is 1580. The number of hydrogen-bond donors (Lipinski definition) is 1. The number of nitrogens with one attached hydrogen (secondary N) is 1. The minimum absolute atomic E-state index is 0.0551. The molecule has 1 spiro atoms. The summed E-state index contributed by atoms with van der Waals surface area (Å²) >= 11 is 0. The van der Waals surface area contributed by atoms with Crippen molar-refractivity contribution in [2.75, 3.05) is 25.0 Å². The molecule has 2 aliphatic rings. The summed E-state index contributed by atoms with van der Waals surface area (Å²) in [5, 5.41) is 7.83. The molecule has 1 fully saturated rings. The first kappa shape index (κ1) is 24.9. The number of anilines is 1. The van der Waals surface area contributed by atoms with E-state index in [1.807, 2.05) is 35.2 Å². The summed E-state index contributed by atoms with van der Waals surface area (Å²) in [6.07, 6.45) is 8.38. The summed E-state index contributed by atoms with van der Waals surface area (Å²) in [4.78, 5) is 32.9. The van der Waals surface area contributed by atoms with Crippen molar-refractivity contribution in [2.24, 2.45) is 5.92 Å². The maximum Gasteiger partial charge on any atom is 0.343 e. The Kier molecular flexibility index (Phi) is 6.38.